The minimum atomic E-state index is -3.73. The topological polar surface area (TPSA) is 69.7 Å². The Bertz CT molecular complexity index is 465. The van der Waals surface area contributed by atoms with E-state index >= 15 is 0 Å². The van der Waals surface area contributed by atoms with E-state index in [1.165, 1.54) is 31.4 Å². The summed E-state index contributed by atoms with van der Waals surface area (Å²) in [6, 6.07) is 5.38. The van der Waals surface area contributed by atoms with Crippen molar-refractivity contribution in [2.24, 2.45) is 0 Å². The van der Waals surface area contributed by atoms with Gasteiger partial charge in [-0.1, -0.05) is 0 Å². The van der Waals surface area contributed by atoms with Crippen molar-refractivity contribution >= 4 is 25.7 Å². The molecule has 5 nitrogen and oxygen atoms in total. The van der Waals surface area contributed by atoms with Crippen molar-refractivity contribution in [2.75, 3.05) is 13.7 Å². The molecule has 0 amide bonds. The van der Waals surface area contributed by atoms with Gasteiger partial charge in [0.15, 0.2) is 6.61 Å². The lowest BCUT2D eigenvalue weighted by Gasteiger charge is -2.04. The van der Waals surface area contributed by atoms with Crippen molar-refractivity contribution in [1.29, 1.82) is 0 Å². The van der Waals surface area contributed by atoms with Crippen LogP contribution in [0.15, 0.2) is 29.2 Å². The molecule has 0 atom stereocenters. The summed E-state index contributed by atoms with van der Waals surface area (Å²) in [6.45, 7) is -0.233. The number of carbonyl (C=O) groups is 1. The summed E-state index contributed by atoms with van der Waals surface area (Å²) >= 11 is 0. The lowest BCUT2D eigenvalue weighted by Crippen LogP contribution is -2.12. The fraction of sp³-hybridized carbons (Fsp3) is 0.222. The van der Waals surface area contributed by atoms with E-state index in [1.807, 2.05) is 0 Å². The maximum atomic E-state index is 10.9. The van der Waals surface area contributed by atoms with Gasteiger partial charge >= 0.3 is 5.97 Å². The average molecular weight is 265 g/mol. The number of hydrogen-bond acceptors (Lipinski definition) is 5. The van der Waals surface area contributed by atoms with E-state index in [-0.39, 0.29) is 11.5 Å². The second-order valence-electron chi connectivity index (χ2n) is 2.77. The van der Waals surface area contributed by atoms with Crippen molar-refractivity contribution in [3.63, 3.8) is 0 Å². The van der Waals surface area contributed by atoms with Gasteiger partial charge in [-0.3, -0.25) is 0 Å². The van der Waals surface area contributed by atoms with Crippen molar-refractivity contribution in [3.05, 3.63) is 24.3 Å². The standard InChI is InChI=1S/C9H9ClO5S/c1-14-9(11)6-15-7-2-4-8(5-3-7)16(10,12)13/h2-5H,6H2,1H3. The molecule has 0 fully saturated rings. The Morgan fingerprint density at radius 2 is 1.88 bits per heavy atom. The number of esters is 1. The molecular weight excluding hydrogens is 256 g/mol. The molecule has 0 bridgehead atoms. The van der Waals surface area contributed by atoms with Crippen molar-refractivity contribution in [2.45, 2.75) is 4.90 Å². The third-order valence-corrected chi connectivity index (χ3v) is 3.06. The largest absolute Gasteiger partial charge is 0.482 e. The summed E-state index contributed by atoms with van der Waals surface area (Å²) in [5.74, 6) is -0.163. The highest BCUT2D eigenvalue weighted by Crippen LogP contribution is 2.18. The van der Waals surface area contributed by atoms with Crippen LogP contribution < -0.4 is 4.74 Å². The van der Waals surface area contributed by atoms with E-state index in [0.29, 0.717) is 5.75 Å². The molecule has 1 rings (SSSR count). The zero-order valence-electron chi connectivity index (χ0n) is 8.34. The monoisotopic (exact) mass is 264 g/mol. The summed E-state index contributed by atoms with van der Waals surface area (Å²) in [5.41, 5.74) is 0. The molecule has 0 saturated heterocycles. The first-order valence-electron chi connectivity index (χ1n) is 4.18. The average Bonchev–Trinajstić information content (AvgIpc) is 2.25. The van der Waals surface area contributed by atoms with Gasteiger partial charge in [-0.25, -0.2) is 13.2 Å². The highest BCUT2D eigenvalue weighted by molar-refractivity contribution is 8.13. The molecule has 88 valence electrons. The van der Waals surface area contributed by atoms with Gasteiger partial charge in [0.2, 0.25) is 0 Å². The molecule has 7 heteroatoms. The summed E-state index contributed by atoms with van der Waals surface area (Å²) in [5, 5.41) is 0. The van der Waals surface area contributed by atoms with Crippen molar-refractivity contribution in [3.8, 4) is 5.75 Å². The molecule has 0 N–H and O–H groups in total. The Labute approximate surface area is 97.3 Å². The smallest absolute Gasteiger partial charge is 0.343 e. The molecule has 0 unspecified atom stereocenters. The highest BCUT2D eigenvalue weighted by atomic mass is 35.7. The number of hydrogen-bond donors (Lipinski definition) is 0. The van der Waals surface area contributed by atoms with E-state index in [1.54, 1.807) is 0 Å². The van der Waals surface area contributed by atoms with Gasteiger partial charge in [-0.2, -0.15) is 0 Å². The molecule has 0 saturated carbocycles. The van der Waals surface area contributed by atoms with Gasteiger partial charge < -0.3 is 9.47 Å². The third-order valence-electron chi connectivity index (χ3n) is 1.69. The van der Waals surface area contributed by atoms with Gasteiger partial charge in [0.25, 0.3) is 9.05 Å². The molecule has 0 aliphatic heterocycles. The number of methoxy groups -OCH3 is 1. The van der Waals surface area contributed by atoms with E-state index in [2.05, 4.69) is 4.74 Å². The third kappa shape index (κ3) is 3.71. The minimum Gasteiger partial charge on any atom is -0.482 e. The van der Waals surface area contributed by atoms with Crippen LogP contribution in [0, 0.1) is 0 Å². The molecule has 0 spiro atoms. The first kappa shape index (κ1) is 12.8. The molecule has 0 heterocycles. The Hall–Kier alpha value is -1.27. The molecule has 0 aliphatic rings. The lowest BCUT2D eigenvalue weighted by molar-refractivity contribution is -0.142. The summed E-state index contributed by atoms with van der Waals surface area (Å²) in [7, 11) is 2.63. The normalized spacial score (nSPS) is 10.9. The lowest BCUT2D eigenvalue weighted by atomic mass is 10.3. The van der Waals surface area contributed by atoms with Gasteiger partial charge in [-0.15, -0.1) is 0 Å². The van der Waals surface area contributed by atoms with Gasteiger partial charge in [0, 0.05) is 10.7 Å². The Morgan fingerprint density at radius 1 is 1.31 bits per heavy atom. The summed E-state index contributed by atoms with van der Waals surface area (Å²) in [6.07, 6.45) is 0. The van der Waals surface area contributed by atoms with Crippen LogP contribution in [0.1, 0.15) is 0 Å². The predicted octanol–water partition coefficient (Wildman–Crippen LogP) is 1.17. The molecule has 0 aromatic heterocycles. The van der Waals surface area contributed by atoms with Crippen LogP contribution in [0.5, 0.6) is 5.75 Å². The molecular formula is C9H9ClO5S. The Kier molecular flexibility index (Phi) is 4.14. The SMILES string of the molecule is COC(=O)COc1ccc(S(=O)(=O)Cl)cc1. The van der Waals surface area contributed by atoms with Gasteiger partial charge in [-0.05, 0) is 24.3 Å². The Balaban J connectivity index is 2.69. The molecule has 16 heavy (non-hydrogen) atoms. The maximum absolute atomic E-state index is 10.9. The summed E-state index contributed by atoms with van der Waals surface area (Å²) < 4.78 is 31.2. The summed E-state index contributed by atoms with van der Waals surface area (Å²) in [4.78, 5) is 10.7. The maximum Gasteiger partial charge on any atom is 0.343 e. The van der Waals surface area contributed by atoms with Gasteiger partial charge in [0.1, 0.15) is 5.75 Å². The van der Waals surface area contributed by atoms with Crippen molar-refractivity contribution in [1.82, 2.24) is 0 Å². The predicted molar refractivity (Wildman–Crippen MR) is 57.0 cm³/mol. The van der Waals surface area contributed by atoms with Crippen LogP contribution in [0.4, 0.5) is 0 Å². The van der Waals surface area contributed by atoms with E-state index in [4.69, 9.17) is 15.4 Å². The number of carbonyl (C=O) groups excluding carboxylic acids is 1. The second-order valence-corrected chi connectivity index (χ2v) is 5.34. The highest BCUT2D eigenvalue weighted by Gasteiger charge is 2.09. The fourth-order valence-electron chi connectivity index (χ4n) is 0.900. The number of benzene rings is 1. The quantitative estimate of drug-likeness (QED) is 0.603. The van der Waals surface area contributed by atoms with Crippen LogP contribution in [0.25, 0.3) is 0 Å². The Morgan fingerprint density at radius 3 is 2.31 bits per heavy atom. The zero-order chi connectivity index (χ0) is 12.2. The first-order valence-corrected chi connectivity index (χ1v) is 6.49. The fourth-order valence-corrected chi connectivity index (χ4v) is 1.67. The van der Waals surface area contributed by atoms with Crippen LogP contribution in [-0.2, 0) is 18.6 Å². The number of ether oxygens (including phenoxy) is 2. The first-order chi connectivity index (χ1) is 7.43. The molecule has 1 aromatic carbocycles. The van der Waals surface area contributed by atoms with Crippen LogP contribution in [0.2, 0.25) is 0 Å². The molecule has 0 radical (unpaired) electrons. The minimum absolute atomic E-state index is 0.0282. The zero-order valence-corrected chi connectivity index (χ0v) is 9.92. The number of halogens is 1. The van der Waals surface area contributed by atoms with E-state index in [0.717, 1.165) is 0 Å². The van der Waals surface area contributed by atoms with Crippen molar-refractivity contribution < 1.29 is 22.7 Å². The second kappa shape index (κ2) is 5.18. The molecule has 1 aromatic rings. The van der Waals surface area contributed by atoms with E-state index in [9.17, 15) is 13.2 Å². The van der Waals surface area contributed by atoms with Gasteiger partial charge in [0.05, 0.1) is 12.0 Å². The van der Waals surface area contributed by atoms with Crippen LogP contribution in [0.3, 0.4) is 0 Å². The number of rotatable bonds is 4. The molecule has 0 aliphatic carbocycles. The van der Waals surface area contributed by atoms with E-state index < -0.39 is 15.0 Å². The van der Waals surface area contributed by atoms with Crippen LogP contribution in [-0.4, -0.2) is 28.1 Å². The van der Waals surface area contributed by atoms with Crippen LogP contribution >= 0.6 is 10.7 Å².